The summed E-state index contributed by atoms with van der Waals surface area (Å²) in [7, 11) is 0. The van der Waals surface area contributed by atoms with Crippen molar-refractivity contribution >= 4 is 37.5 Å². The van der Waals surface area contributed by atoms with Gasteiger partial charge < -0.3 is 14.6 Å². The average molecular weight is 491 g/mol. The molecule has 5 nitrogen and oxygen atoms in total. The third-order valence-corrected chi connectivity index (χ3v) is 7.70. The Labute approximate surface area is 208 Å². The lowest BCUT2D eigenvalue weighted by Crippen LogP contribution is -2.36. The molecule has 0 saturated heterocycles. The first-order valence-corrected chi connectivity index (χ1v) is 12.5. The number of benzene rings is 3. The van der Waals surface area contributed by atoms with E-state index < -0.39 is 11.5 Å². The second-order valence-corrected chi connectivity index (χ2v) is 10.4. The predicted octanol–water partition coefficient (Wildman–Crippen LogP) is 5.88. The molecule has 2 unspecified atom stereocenters. The van der Waals surface area contributed by atoms with E-state index in [1.165, 1.54) is 6.92 Å². The van der Waals surface area contributed by atoms with Crippen LogP contribution in [0.1, 0.15) is 38.3 Å². The Hall–Kier alpha value is -3.22. The largest absolute Gasteiger partial charge is 0.489 e. The summed E-state index contributed by atoms with van der Waals surface area (Å²) >= 11 is 1.58. The Kier molecular flexibility index (Phi) is 7.53. The monoisotopic (exact) mass is 490 g/mol. The van der Waals surface area contributed by atoms with Crippen molar-refractivity contribution in [3.63, 3.8) is 0 Å². The molecule has 0 spiro atoms. The number of fused-ring (bicyclic) bond motifs is 2. The lowest BCUT2D eigenvalue weighted by atomic mass is 9.80. The summed E-state index contributed by atoms with van der Waals surface area (Å²) in [6.07, 6.45) is 0.630. The van der Waals surface area contributed by atoms with Crippen LogP contribution in [0.15, 0.2) is 71.5 Å². The molecule has 4 rings (SSSR count). The standard InChI is InChI=1S/C29H30O5S/c1-19(30)29(3,18-34-20(2)31)14-13-21-9-11-26-24(15-21)28(32)25-16-23(10-12-27(25)35-26)33-17-22-7-5-4-6-8-22/h4-12,15-16,19,30H,13-14,17-18H2,1-3H3. The van der Waals surface area contributed by atoms with E-state index in [0.29, 0.717) is 36.0 Å². The number of esters is 1. The number of hydrogen-bond acceptors (Lipinski definition) is 6. The molecule has 35 heavy (non-hydrogen) atoms. The summed E-state index contributed by atoms with van der Waals surface area (Å²) in [4.78, 5) is 24.7. The summed E-state index contributed by atoms with van der Waals surface area (Å²) in [5.41, 5.74) is 1.49. The van der Waals surface area contributed by atoms with Crippen LogP contribution in [-0.2, 0) is 22.6 Å². The number of hydrogen-bond donors (Lipinski definition) is 1. The van der Waals surface area contributed by atoms with E-state index >= 15 is 0 Å². The van der Waals surface area contributed by atoms with Crippen molar-refractivity contribution in [2.45, 2.75) is 46.3 Å². The van der Waals surface area contributed by atoms with Crippen molar-refractivity contribution in [1.82, 2.24) is 0 Å². The molecule has 1 aromatic heterocycles. The Bertz CT molecular complexity index is 1390. The smallest absolute Gasteiger partial charge is 0.302 e. The fraction of sp³-hybridized carbons (Fsp3) is 0.310. The summed E-state index contributed by atoms with van der Waals surface area (Å²) in [6.45, 7) is 5.58. The number of aliphatic hydroxyl groups excluding tert-OH is 1. The maximum Gasteiger partial charge on any atom is 0.302 e. The van der Waals surface area contributed by atoms with Gasteiger partial charge in [0.2, 0.25) is 0 Å². The van der Waals surface area contributed by atoms with Crippen LogP contribution < -0.4 is 10.2 Å². The molecule has 0 aliphatic rings. The molecule has 1 N–H and O–H groups in total. The van der Waals surface area contributed by atoms with Crippen LogP contribution in [0, 0.1) is 5.41 Å². The summed E-state index contributed by atoms with van der Waals surface area (Å²) in [6, 6.07) is 21.6. The lowest BCUT2D eigenvalue weighted by molar-refractivity contribution is -0.147. The van der Waals surface area contributed by atoms with Gasteiger partial charge in [0.25, 0.3) is 0 Å². The van der Waals surface area contributed by atoms with Crippen molar-refractivity contribution in [2.75, 3.05) is 6.61 Å². The third kappa shape index (κ3) is 5.89. The van der Waals surface area contributed by atoms with Gasteiger partial charge in [-0.3, -0.25) is 9.59 Å². The third-order valence-electron chi connectivity index (χ3n) is 6.55. The number of aryl methyl sites for hydroxylation is 1. The molecule has 182 valence electrons. The molecule has 0 radical (unpaired) electrons. The molecule has 0 aliphatic carbocycles. The fourth-order valence-corrected chi connectivity index (χ4v) is 5.00. The Morgan fingerprint density at radius 2 is 1.69 bits per heavy atom. The van der Waals surface area contributed by atoms with Crippen LogP contribution in [-0.4, -0.2) is 23.8 Å². The molecule has 0 bridgehead atoms. The van der Waals surface area contributed by atoms with E-state index in [1.807, 2.05) is 73.7 Å². The predicted molar refractivity (Wildman–Crippen MR) is 141 cm³/mol. The number of carbonyl (C=O) groups excluding carboxylic acids is 1. The second kappa shape index (κ2) is 10.6. The highest BCUT2D eigenvalue weighted by molar-refractivity contribution is 7.24. The normalized spacial score (nSPS) is 13.9. The first-order chi connectivity index (χ1) is 16.7. The maximum absolute atomic E-state index is 13.4. The minimum atomic E-state index is -0.641. The first-order valence-electron chi connectivity index (χ1n) is 11.7. The van der Waals surface area contributed by atoms with E-state index in [-0.39, 0.29) is 18.0 Å². The molecule has 4 aromatic rings. The highest BCUT2D eigenvalue weighted by atomic mass is 32.1. The minimum Gasteiger partial charge on any atom is -0.489 e. The molecule has 6 heteroatoms. The highest BCUT2D eigenvalue weighted by Gasteiger charge is 2.31. The van der Waals surface area contributed by atoms with Gasteiger partial charge in [-0.1, -0.05) is 43.3 Å². The Balaban J connectivity index is 1.58. The molecule has 0 aliphatic heterocycles. The van der Waals surface area contributed by atoms with E-state index in [0.717, 1.165) is 20.5 Å². The van der Waals surface area contributed by atoms with E-state index in [2.05, 4.69) is 0 Å². The first kappa shape index (κ1) is 24.9. The maximum atomic E-state index is 13.4. The number of carbonyl (C=O) groups is 1. The summed E-state index contributed by atoms with van der Waals surface area (Å²) in [5, 5.41) is 11.6. The van der Waals surface area contributed by atoms with E-state index in [1.54, 1.807) is 18.3 Å². The van der Waals surface area contributed by atoms with Gasteiger partial charge in [0.1, 0.15) is 12.4 Å². The van der Waals surface area contributed by atoms with Crippen molar-refractivity contribution in [3.05, 3.63) is 88.1 Å². The van der Waals surface area contributed by atoms with Crippen molar-refractivity contribution in [2.24, 2.45) is 5.41 Å². The lowest BCUT2D eigenvalue weighted by Gasteiger charge is -2.32. The Morgan fingerprint density at radius 3 is 2.37 bits per heavy atom. The fourth-order valence-electron chi connectivity index (χ4n) is 3.97. The zero-order valence-electron chi connectivity index (χ0n) is 20.2. The molecular formula is C29H30O5S. The topological polar surface area (TPSA) is 72.8 Å². The SMILES string of the molecule is CC(=O)OCC(C)(CCc1ccc2sc3ccc(OCc4ccccc4)cc3c(=O)c2c1)C(C)O. The Morgan fingerprint density at radius 1 is 1.00 bits per heavy atom. The van der Waals surface area contributed by atoms with Crippen LogP contribution >= 0.6 is 11.3 Å². The zero-order chi connectivity index (χ0) is 25.0. The van der Waals surface area contributed by atoms with E-state index in [9.17, 15) is 14.7 Å². The van der Waals surface area contributed by atoms with Crippen molar-refractivity contribution < 1.29 is 19.4 Å². The second-order valence-electron chi connectivity index (χ2n) is 9.30. The molecule has 0 fully saturated rings. The van der Waals surface area contributed by atoms with Crippen LogP contribution in [0.3, 0.4) is 0 Å². The van der Waals surface area contributed by atoms with Gasteiger partial charge >= 0.3 is 5.97 Å². The molecule has 0 saturated carbocycles. The molecule has 0 amide bonds. The van der Waals surface area contributed by atoms with Gasteiger partial charge in [-0.25, -0.2) is 0 Å². The van der Waals surface area contributed by atoms with Gasteiger partial charge in [0.05, 0.1) is 12.7 Å². The zero-order valence-corrected chi connectivity index (χ0v) is 21.1. The summed E-state index contributed by atoms with van der Waals surface area (Å²) < 4.78 is 13.0. The van der Waals surface area contributed by atoms with Gasteiger partial charge in [-0.2, -0.15) is 0 Å². The average Bonchev–Trinajstić information content (AvgIpc) is 2.86. The van der Waals surface area contributed by atoms with Gasteiger partial charge in [0, 0.05) is 32.5 Å². The quantitative estimate of drug-likeness (QED) is 0.234. The molecule has 2 atom stereocenters. The van der Waals surface area contributed by atoms with Gasteiger partial charge in [-0.15, -0.1) is 11.3 Å². The minimum absolute atomic E-state index is 0.0148. The van der Waals surface area contributed by atoms with Crippen molar-refractivity contribution in [3.8, 4) is 5.75 Å². The van der Waals surface area contributed by atoms with E-state index in [4.69, 9.17) is 9.47 Å². The van der Waals surface area contributed by atoms with Crippen LogP contribution in [0.2, 0.25) is 0 Å². The van der Waals surface area contributed by atoms with Crippen LogP contribution in [0.4, 0.5) is 0 Å². The van der Waals surface area contributed by atoms with Gasteiger partial charge in [-0.05, 0) is 61.2 Å². The molecule has 1 heterocycles. The number of aliphatic hydroxyl groups is 1. The molecular weight excluding hydrogens is 460 g/mol. The number of rotatable bonds is 9. The van der Waals surface area contributed by atoms with Crippen LogP contribution in [0.25, 0.3) is 20.2 Å². The summed E-state index contributed by atoms with van der Waals surface area (Å²) in [5.74, 6) is 0.304. The highest BCUT2D eigenvalue weighted by Crippen LogP contribution is 2.31. The van der Waals surface area contributed by atoms with Crippen LogP contribution in [0.5, 0.6) is 5.75 Å². The van der Waals surface area contributed by atoms with Gasteiger partial charge in [0.15, 0.2) is 5.43 Å². The van der Waals surface area contributed by atoms with Crippen molar-refractivity contribution in [1.29, 1.82) is 0 Å². The number of ether oxygens (including phenoxy) is 2. The molecule has 3 aromatic carbocycles.